The molecule has 2 rings (SSSR count). The van der Waals surface area contributed by atoms with Crippen molar-refractivity contribution in [3.05, 3.63) is 23.8 Å². The van der Waals surface area contributed by atoms with Crippen LogP contribution in [0, 0.1) is 0 Å². The number of aromatic carboxylic acids is 1. The van der Waals surface area contributed by atoms with Crippen molar-refractivity contribution in [2.24, 2.45) is 0 Å². The summed E-state index contributed by atoms with van der Waals surface area (Å²) in [6.45, 7) is 0. The predicted molar refractivity (Wildman–Crippen MR) is 63.3 cm³/mol. The fourth-order valence-corrected chi connectivity index (χ4v) is 3.00. The van der Waals surface area contributed by atoms with Crippen molar-refractivity contribution in [3.63, 3.8) is 0 Å². The van der Waals surface area contributed by atoms with Crippen LogP contribution >= 0.6 is 0 Å². The Morgan fingerprint density at radius 1 is 1.44 bits per heavy atom. The molecular weight excluding hydrogens is 258 g/mol. The maximum Gasteiger partial charge on any atom is 0.335 e. The average Bonchev–Trinajstić information content (AvgIpc) is 3.11. The van der Waals surface area contributed by atoms with Gasteiger partial charge in [0.2, 0.25) is 10.0 Å². The second kappa shape index (κ2) is 4.58. The Kier molecular flexibility index (Phi) is 3.27. The van der Waals surface area contributed by atoms with E-state index in [1.54, 1.807) is 0 Å². The van der Waals surface area contributed by atoms with Crippen LogP contribution in [-0.4, -0.2) is 32.6 Å². The Bertz CT molecular complexity index is 577. The van der Waals surface area contributed by atoms with Gasteiger partial charge in [0.15, 0.2) is 0 Å². The van der Waals surface area contributed by atoms with Crippen molar-refractivity contribution in [1.82, 2.24) is 4.72 Å². The molecule has 0 amide bonds. The molecule has 0 atom stereocenters. The maximum atomic E-state index is 12.1. The lowest BCUT2D eigenvalue weighted by Crippen LogP contribution is -2.26. The summed E-state index contributed by atoms with van der Waals surface area (Å²) in [4.78, 5) is 10.7. The summed E-state index contributed by atoms with van der Waals surface area (Å²) in [5.41, 5.74) is -0.0908. The first-order valence-electron chi connectivity index (χ1n) is 5.37. The van der Waals surface area contributed by atoms with Gasteiger partial charge in [-0.15, -0.1) is 0 Å². The monoisotopic (exact) mass is 271 g/mol. The molecule has 0 heterocycles. The first-order chi connectivity index (χ1) is 8.44. The summed E-state index contributed by atoms with van der Waals surface area (Å²) in [5, 5.41) is 8.88. The first kappa shape index (κ1) is 12.8. The lowest BCUT2D eigenvalue weighted by molar-refractivity contribution is 0.0696. The number of methoxy groups -OCH3 is 1. The van der Waals surface area contributed by atoms with Crippen LogP contribution in [0.2, 0.25) is 0 Å². The number of carboxylic acid groups (broad SMARTS) is 1. The van der Waals surface area contributed by atoms with Gasteiger partial charge >= 0.3 is 5.97 Å². The van der Waals surface area contributed by atoms with E-state index in [-0.39, 0.29) is 22.3 Å². The minimum Gasteiger partial charge on any atom is -0.495 e. The lowest BCUT2D eigenvalue weighted by atomic mass is 10.2. The topological polar surface area (TPSA) is 92.7 Å². The smallest absolute Gasteiger partial charge is 0.335 e. The molecule has 18 heavy (non-hydrogen) atoms. The van der Waals surface area contributed by atoms with E-state index in [1.165, 1.54) is 19.2 Å². The number of hydrogen-bond donors (Lipinski definition) is 2. The van der Waals surface area contributed by atoms with Crippen LogP contribution in [0.5, 0.6) is 5.75 Å². The number of sulfonamides is 1. The Hall–Kier alpha value is -1.60. The van der Waals surface area contributed by atoms with Crippen molar-refractivity contribution in [1.29, 1.82) is 0 Å². The van der Waals surface area contributed by atoms with Gasteiger partial charge in [0, 0.05) is 6.04 Å². The molecule has 1 aromatic rings. The van der Waals surface area contributed by atoms with E-state index in [2.05, 4.69) is 4.72 Å². The molecule has 6 nitrogen and oxygen atoms in total. The van der Waals surface area contributed by atoms with Crippen LogP contribution in [-0.2, 0) is 10.0 Å². The molecule has 1 aliphatic rings. The minimum atomic E-state index is -3.73. The third kappa shape index (κ3) is 2.62. The van der Waals surface area contributed by atoms with Gasteiger partial charge in [-0.25, -0.2) is 17.9 Å². The molecule has 0 unspecified atom stereocenters. The van der Waals surface area contributed by atoms with Crippen LogP contribution < -0.4 is 9.46 Å². The van der Waals surface area contributed by atoms with Gasteiger partial charge in [-0.05, 0) is 31.0 Å². The van der Waals surface area contributed by atoms with Gasteiger partial charge in [0.1, 0.15) is 10.6 Å². The molecular formula is C11H13NO5S. The van der Waals surface area contributed by atoms with E-state index in [4.69, 9.17) is 9.84 Å². The van der Waals surface area contributed by atoms with Crippen LogP contribution in [0.4, 0.5) is 0 Å². The number of carbonyl (C=O) groups is 1. The quantitative estimate of drug-likeness (QED) is 0.827. The molecule has 0 aromatic heterocycles. The molecule has 0 spiro atoms. The Balaban J connectivity index is 2.45. The highest BCUT2D eigenvalue weighted by Gasteiger charge is 2.30. The summed E-state index contributed by atoms with van der Waals surface area (Å²) in [7, 11) is -2.39. The number of nitrogens with one attached hydrogen (secondary N) is 1. The molecule has 7 heteroatoms. The standard InChI is InChI=1S/C11H13NO5S/c1-17-9-5-2-7(11(13)14)6-10(9)18(15,16)12-8-3-4-8/h2,5-6,8,12H,3-4H2,1H3,(H,13,14). The molecule has 0 saturated heterocycles. The van der Waals surface area contributed by atoms with E-state index >= 15 is 0 Å². The average molecular weight is 271 g/mol. The number of ether oxygens (including phenoxy) is 1. The second-order valence-corrected chi connectivity index (χ2v) is 5.75. The molecule has 98 valence electrons. The molecule has 0 bridgehead atoms. The van der Waals surface area contributed by atoms with Crippen molar-refractivity contribution >= 4 is 16.0 Å². The molecule has 1 aliphatic carbocycles. The van der Waals surface area contributed by atoms with Crippen LogP contribution in [0.25, 0.3) is 0 Å². The van der Waals surface area contributed by atoms with Crippen LogP contribution in [0.1, 0.15) is 23.2 Å². The lowest BCUT2D eigenvalue weighted by Gasteiger charge is -2.10. The number of hydrogen-bond acceptors (Lipinski definition) is 4. The summed E-state index contributed by atoms with van der Waals surface area (Å²) < 4.78 is 31.5. The molecule has 1 saturated carbocycles. The summed E-state index contributed by atoms with van der Waals surface area (Å²) in [5.74, 6) is -1.05. The van der Waals surface area contributed by atoms with E-state index in [0.29, 0.717) is 0 Å². The van der Waals surface area contributed by atoms with Gasteiger partial charge < -0.3 is 9.84 Å². The van der Waals surface area contributed by atoms with Gasteiger partial charge in [-0.2, -0.15) is 0 Å². The van der Waals surface area contributed by atoms with E-state index < -0.39 is 16.0 Å². The SMILES string of the molecule is COc1ccc(C(=O)O)cc1S(=O)(=O)NC1CC1. The van der Waals surface area contributed by atoms with Gasteiger partial charge in [0.25, 0.3) is 0 Å². The third-order valence-corrected chi connectivity index (χ3v) is 4.14. The van der Waals surface area contributed by atoms with Gasteiger partial charge in [-0.3, -0.25) is 0 Å². The minimum absolute atomic E-state index is 0.0480. The number of carboxylic acids is 1. The molecule has 2 N–H and O–H groups in total. The Morgan fingerprint density at radius 3 is 2.61 bits per heavy atom. The zero-order valence-corrected chi connectivity index (χ0v) is 10.5. The summed E-state index contributed by atoms with van der Waals surface area (Å²) >= 11 is 0. The predicted octanol–water partition coefficient (Wildman–Crippen LogP) is 0.834. The molecule has 0 radical (unpaired) electrons. The van der Waals surface area contributed by atoms with Crippen molar-refractivity contribution in [3.8, 4) is 5.75 Å². The maximum absolute atomic E-state index is 12.1. The second-order valence-electron chi connectivity index (χ2n) is 4.07. The summed E-state index contributed by atoms with van der Waals surface area (Å²) in [6.07, 6.45) is 1.61. The van der Waals surface area contributed by atoms with Crippen molar-refractivity contribution in [2.75, 3.05) is 7.11 Å². The zero-order valence-electron chi connectivity index (χ0n) is 9.71. The molecule has 0 aliphatic heterocycles. The fourth-order valence-electron chi connectivity index (χ4n) is 1.50. The molecule has 1 aromatic carbocycles. The number of rotatable bonds is 5. The van der Waals surface area contributed by atoms with E-state index in [1.807, 2.05) is 0 Å². The third-order valence-electron chi connectivity index (χ3n) is 2.60. The van der Waals surface area contributed by atoms with Crippen LogP contribution in [0.3, 0.4) is 0 Å². The normalized spacial score (nSPS) is 15.4. The van der Waals surface area contributed by atoms with Crippen molar-refractivity contribution < 1.29 is 23.1 Å². The number of benzene rings is 1. The molecule has 1 fully saturated rings. The Labute approximate surface area is 105 Å². The van der Waals surface area contributed by atoms with Gasteiger partial charge in [0.05, 0.1) is 12.7 Å². The highest BCUT2D eigenvalue weighted by molar-refractivity contribution is 7.89. The van der Waals surface area contributed by atoms with Gasteiger partial charge in [-0.1, -0.05) is 0 Å². The zero-order chi connectivity index (χ0) is 13.3. The van der Waals surface area contributed by atoms with E-state index in [0.717, 1.165) is 18.9 Å². The Morgan fingerprint density at radius 2 is 2.11 bits per heavy atom. The van der Waals surface area contributed by atoms with E-state index in [9.17, 15) is 13.2 Å². The highest BCUT2D eigenvalue weighted by Crippen LogP contribution is 2.28. The summed E-state index contributed by atoms with van der Waals surface area (Å²) in [6, 6.07) is 3.70. The van der Waals surface area contributed by atoms with Crippen LogP contribution in [0.15, 0.2) is 23.1 Å². The first-order valence-corrected chi connectivity index (χ1v) is 6.86. The highest BCUT2D eigenvalue weighted by atomic mass is 32.2. The fraction of sp³-hybridized carbons (Fsp3) is 0.364. The largest absolute Gasteiger partial charge is 0.495 e. The van der Waals surface area contributed by atoms with Crippen molar-refractivity contribution in [2.45, 2.75) is 23.8 Å².